The molecule has 0 amide bonds. The van der Waals surface area contributed by atoms with Gasteiger partial charge in [-0.05, 0) is 12.1 Å². The van der Waals surface area contributed by atoms with Gasteiger partial charge in [0.15, 0.2) is 13.2 Å². The van der Waals surface area contributed by atoms with Crippen molar-refractivity contribution in [3.05, 3.63) is 29.8 Å². The Bertz CT molecular complexity index is 764. The SMILES string of the molecule is COC(=O)COC(=O)COc1nc(-c2ccc(F)cc2F)n(O)n1. The van der Waals surface area contributed by atoms with Gasteiger partial charge in [-0.3, -0.25) is 0 Å². The maximum absolute atomic E-state index is 13.7. The number of benzene rings is 1. The lowest BCUT2D eigenvalue weighted by Gasteiger charge is -2.02. The average molecular weight is 343 g/mol. The number of ether oxygens (including phenoxy) is 3. The Labute approximate surface area is 133 Å². The van der Waals surface area contributed by atoms with Gasteiger partial charge in [0.2, 0.25) is 5.82 Å². The van der Waals surface area contributed by atoms with Crippen LogP contribution in [-0.4, -0.2) is 52.4 Å². The lowest BCUT2D eigenvalue weighted by molar-refractivity contribution is -0.158. The lowest BCUT2D eigenvalue weighted by Crippen LogP contribution is -2.20. The van der Waals surface area contributed by atoms with E-state index in [2.05, 4.69) is 19.6 Å². The fourth-order valence-electron chi connectivity index (χ4n) is 1.55. The third-order valence-corrected chi connectivity index (χ3v) is 2.64. The van der Waals surface area contributed by atoms with Gasteiger partial charge in [-0.25, -0.2) is 18.4 Å². The van der Waals surface area contributed by atoms with E-state index in [1.165, 1.54) is 0 Å². The van der Waals surface area contributed by atoms with Crippen molar-refractivity contribution in [2.75, 3.05) is 20.3 Å². The van der Waals surface area contributed by atoms with Crippen LogP contribution >= 0.6 is 0 Å². The minimum absolute atomic E-state index is 0.214. The number of rotatable bonds is 6. The summed E-state index contributed by atoms with van der Waals surface area (Å²) in [6.07, 6.45) is 0. The Balaban J connectivity index is 2.01. The molecule has 128 valence electrons. The molecule has 0 saturated carbocycles. The summed E-state index contributed by atoms with van der Waals surface area (Å²) in [4.78, 5) is 26.0. The fourth-order valence-corrected chi connectivity index (χ4v) is 1.55. The van der Waals surface area contributed by atoms with Crippen LogP contribution < -0.4 is 4.74 Å². The molecule has 0 aliphatic carbocycles. The largest absolute Gasteiger partial charge is 0.466 e. The highest BCUT2D eigenvalue weighted by Gasteiger charge is 2.18. The average Bonchev–Trinajstić information content (AvgIpc) is 2.91. The van der Waals surface area contributed by atoms with Crippen molar-refractivity contribution >= 4 is 11.9 Å². The number of halogens is 2. The van der Waals surface area contributed by atoms with Gasteiger partial charge in [0, 0.05) is 6.07 Å². The molecule has 0 spiro atoms. The molecule has 1 heterocycles. The number of nitrogens with zero attached hydrogens (tertiary/aromatic N) is 3. The monoisotopic (exact) mass is 343 g/mol. The normalized spacial score (nSPS) is 10.3. The summed E-state index contributed by atoms with van der Waals surface area (Å²) in [5, 5.41) is 13.0. The number of carbonyl (C=O) groups is 2. The molecule has 11 heteroatoms. The van der Waals surface area contributed by atoms with Crippen LogP contribution in [-0.2, 0) is 19.1 Å². The molecule has 24 heavy (non-hydrogen) atoms. The van der Waals surface area contributed by atoms with E-state index in [1.807, 2.05) is 0 Å². The zero-order chi connectivity index (χ0) is 17.7. The maximum Gasteiger partial charge on any atom is 0.344 e. The summed E-state index contributed by atoms with van der Waals surface area (Å²) < 4.78 is 40.2. The second-order valence-electron chi connectivity index (χ2n) is 4.26. The highest BCUT2D eigenvalue weighted by Crippen LogP contribution is 2.22. The zero-order valence-electron chi connectivity index (χ0n) is 12.2. The van der Waals surface area contributed by atoms with Crippen LogP contribution in [0.25, 0.3) is 11.4 Å². The molecule has 0 unspecified atom stereocenters. The first-order valence-electron chi connectivity index (χ1n) is 6.37. The van der Waals surface area contributed by atoms with E-state index in [4.69, 9.17) is 4.74 Å². The molecule has 0 fully saturated rings. The Kier molecular flexibility index (Phi) is 5.24. The predicted octanol–water partition coefficient (Wildman–Crippen LogP) is 0.556. The topological polar surface area (TPSA) is 113 Å². The Morgan fingerprint density at radius 3 is 2.67 bits per heavy atom. The smallest absolute Gasteiger partial charge is 0.344 e. The highest BCUT2D eigenvalue weighted by atomic mass is 19.1. The molecule has 1 aromatic heterocycles. The third-order valence-electron chi connectivity index (χ3n) is 2.64. The van der Waals surface area contributed by atoms with Crippen molar-refractivity contribution in [3.63, 3.8) is 0 Å². The molecule has 2 aromatic rings. The summed E-state index contributed by atoms with van der Waals surface area (Å²) in [7, 11) is 1.13. The highest BCUT2D eigenvalue weighted by molar-refractivity contribution is 5.77. The van der Waals surface area contributed by atoms with Crippen LogP contribution in [0.5, 0.6) is 6.01 Å². The minimum Gasteiger partial charge on any atom is -0.466 e. The summed E-state index contributed by atoms with van der Waals surface area (Å²) in [6.45, 7) is -1.25. The summed E-state index contributed by atoms with van der Waals surface area (Å²) in [5.41, 5.74) is -0.227. The van der Waals surface area contributed by atoms with Gasteiger partial charge in [-0.2, -0.15) is 4.98 Å². The van der Waals surface area contributed by atoms with Gasteiger partial charge >= 0.3 is 17.9 Å². The van der Waals surface area contributed by atoms with Crippen molar-refractivity contribution in [1.82, 2.24) is 14.9 Å². The first kappa shape index (κ1) is 17.1. The van der Waals surface area contributed by atoms with Crippen LogP contribution in [0.15, 0.2) is 18.2 Å². The summed E-state index contributed by atoms with van der Waals surface area (Å²) >= 11 is 0. The number of hydrogen-bond donors (Lipinski definition) is 1. The van der Waals surface area contributed by atoms with Crippen molar-refractivity contribution < 1.29 is 37.8 Å². The van der Waals surface area contributed by atoms with E-state index in [9.17, 15) is 23.6 Å². The molecule has 9 nitrogen and oxygen atoms in total. The van der Waals surface area contributed by atoms with Gasteiger partial charge in [0.05, 0.1) is 12.7 Å². The fraction of sp³-hybridized carbons (Fsp3) is 0.231. The Morgan fingerprint density at radius 2 is 2.00 bits per heavy atom. The van der Waals surface area contributed by atoms with Crippen molar-refractivity contribution in [2.45, 2.75) is 0 Å². The quantitative estimate of drug-likeness (QED) is 0.598. The molecule has 0 aliphatic rings. The van der Waals surface area contributed by atoms with Gasteiger partial charge in [0.1, 0.15) is 11.6 Å². The lowest BCUT2D eigenvalue weighted by atomic mass is 10.2. The summed E-state index contributed by atoms with van der Waals surface area (Å²) in [5.74, 6) is -3.79. The van der Waals surface area contributed by atoms with E-state index in [-0.39, 0.29) is 16.2 Å². The van der Waals surface area contributed by atoms with E-state index >= 15 is 0 Å². The van der Waals surface area contributed by atoms with Gasteiger partial charge in [-0.1, -0.05) is 9.94 Å². The predicted molar refractivity (Wildman–Crippen MR) is 71.0 cm³/mol. The zero-order valence-corrected chi connectivity index (χ0v) is 12.2. The first-order valence-corrected chi connectivity index (χ1v) is 6.37. The van der Waals surface area contributed by atoms with E-state index < -0.39 is 42.8 Å². The third kappa shape index (κ3) is 4.15. The molecule has 2 rings (SSSR count). The van der Waals surface area contributed by atoms with Gasteiger partial charge in [-0.15, -0.1) is 0 Å². The number of aromatic nitrogens is 3. The number of methoxy groups -OCH3 is 1. The molecule has 1 N–H and O–H groups in total. The second kappa shape index (κ2) is 7.35. The molecular formula is C13H11F2N3O6. The molecular weight excluding hydrogens is 332 g/mol. The van der Waals surface area contributed by atoms with Crippen LogP contribution in [0.1, 0.15) is 0 Å². The standard InChI is InChI=1S/C13H11F2N3O6/c1-22-10(19)5-23-11(20)6-24-13-16-12(18(21)17-13)8-3-2-7(14)4-9(8)15/h2-4,21H,5-6H2,1H3. The van der Waals surface area contributed by atoms with Crippen LogP contribution in [0.2, 0.25) is 0 Å². The molecule has 0 radical (unpaired) electrons. The van der Waals surface area contributed by atoms with Crippen LogP contribution in [0.4, 0.5) is 8.78 Å². The second-order valence-corrected chi connectivity index (χ2v) is 4.26. The number of hydrogen-bond acceptors (Lipinski definition) is 8. The van der Waals surface area contributed by atoms with Crippen molar-refractivity contribution in [2.24, 2.45) is 0 Å². The van der Waals surface area contributed by atoms with Gasteiger partial charge in [0.25, 0.3) is 0 Å². The van der Waals surface area contributed by atoms with Crippen LogP contribution in [0, 0.1) is 11.6 Å². The van der Waals surface area contributed by atoms with Crippen LogP contribution in [0.3, 0.4) is 0 Å². The molecule has 0 saturated heterocycles. The van der Waals surface area contributed by atoms with Crippen molar-refractivity contribution in [3.8, 4) is 17.4 Å². The van der Waals surface area contributed by atoms with E-state index in [0.717, 1.165) is 19.2 Å². The Morgan fingerprint density at radius 1 is 1.25 bits per heavy atom. The summed E-state index contributed by atoms with van der Waals surface area (Å²) in [6, 6.07) is 2.17. The molecule has 0 aliphatic heterocycles. The van der Waals surface area contributed by atoms with E-state index in [1.54, 1.807) is 0 Å². The first-order chi connectivity index (χ1) is 11.4. The molecule has 0 bridgehead atoms. The minimum atomic E-state index is -0.971. The maximum atomic E-state index is 13.7. The molecule has 0 atom stereocenters. The number of carbonyl (C=O) groups excluding carboxylic acids is 2. The number of esters is 2. The van der Waals surface area contributed by atoms with E-state index in [0.29, 0.717) is 6.07 Å². The molecule has 1 aromatic carbocycles. The Hall–Kier alpha value is -3.24. The van der Waals surface area contributed by atoms with Crippen molar-refractivity contribution in [1.29, 1.82) is 0 Å². The van der Waals surface area contributed by atoms with Gasteiger partial charge < -0.3 is 19.4 Å².